The number of carbonyl (C=O) groups excluding carboxylic acids is 2. The number of nitrogens with one attached hydrogen (secondary N) is 1. The second-order valence-corrected chi connectivity index (χ2v) is 7.99. The van der Waals surface area contributed by atoms with Crippen LogP contribution in [0.5, 0.6) is 0 Å². The molecule has 0 radical (unpaired) electrons. The van der Waals surface area contributed by atoms with Gasteiger partial charge in [-0.25, -0.2) is 0 Å². The van der Waals surface area contributed by atoms with Gasteiger partial charge in [0.25, 0.3) is 5.91 Å². The first-order chi connectivity index (χ1) is 13.7. The monoisotopic (exact) mass is 376 g/mol. The van der Waals surface area contributed by atoms with Gasteiger partial charge in [0.2, 0.25) is 5.91 Å². The summed E-state index contributed by atoms with van der Waals surface area (Å²) in [6, 6.07) is 17.4. The van der Waals surface area contributed by atoms with Crippen LogP contribution in [-0.4, -0.2) is 28.8 Å². The van der Waals surface area contributed by atoms with E-state index < -0.39 is 6.04 Å². The average Bonchev–Trinajstić information content (AvgIpc) is 2.88. The molecular weight excluding hydrogens is 348 g/mol. The number of nitrogens with zero attached hydrogens (tertiary/aromatic N) is 1. The third-order valence-electron chi connectivity index (χ3n) is 6.00. The molecule has 1 heterocycles. The maximum atomic E-state index is 13.3. The summed E-state index contributed by atoms with van der Waals surface area (Å²) in [7, 11) is 0. The molecule has 1 aliphatic carbocycles. The van der Waals surface area contributed by atoms with E-state index >= 15 is 0 Å². The minimum Gasteiger partial charge on any atom is -0.352 e. The normalized spacial score (nSPS) is 18.4. The molecule has 2 aromatic rings. The fraction of sp³-hybridized carbons (Fsp3) is 0.417. The van der Waals surface area contributed by atoms with E-state index in [1.165, 1.54) is 25.7 Å². The second-order valence-electron chi connectivity index (χ2n) is 7.99. The summed E-state index contributed by atoms with van der Waals surface area (Å²) >= 11 is 0. The van der Waals surface area contributed by atoms with Crippen LogP contribution in [0.15, 0.2) is 54.6 Å². The number of benzene rings is 2. The first-order valence-corrected chi connectivity index (χ1v) is 10.5. The molecule has 4 nitrogen and oxygen atoms in total. The van der Waals surface area contributed by atoms with Gasteiger partial charge in [-0.2, -0.15) is 0 Å². The van der Waals surface area contributed by atoms with Crippen molar-refractivity contribution < 1.29 is 9.59 Å². The zero-order chi connectivity index (χ0) is 19.3. The van der Waals surface area contributed by atoms with Crippen molar-refractivity contribution in [2.45, 2.75) is 63.6 Å². The third-order valence-corrected chi connectivity index (χ3v) is 6.00. The minimum absolute atomic E-state index is 0.0168. The van der Waals surface area contributed by atoms with Crippen LogP contribution >= 0.6 is 0 Å². The van der Waals surface area contributed by atoms with E-state index in [0.717, 1.165) is 29.5 Å². The van der Waals surface area contributed by atoms with E-state index in [4.69, 9.17) is 0 Å². The van der Waals surface area contributed by atoms with E-state index in [0.29, 0.717) is 13.0 Å². The lowest BCUT2D eigenvalue weighted by atomic mass is 10.0. The zero-order valence-corrected chi connectivity index (χ0v) is 16.3. The summed E-state index contributed by atoms with van der Waals surface area (Å²) in [5.41, 5.74) is 2.81. The molecule has 0 aromatic heterocycles. The van der Waals surface area contributed by atoms with Gasteiger partial charge in [0.1, 0.15) is 6.04 Å². The summed E-state index contributed by atoms with van der Waals surface area (Å²) < 4.78 is 0. The van der Waals surface area contributed by atoms with Crippen LogP contribution < -0.4 is 5.32 Å². The Morgan fingerprint density at radius 1 is 0.964 bits per heavy atom. The highest BCUT2D eigenvalue weighted by atomic mass is 16.2. The SMILES string of the molecule is O=C(NC1CCCCCC1)[C@H](Cc1ccccc1)N1Cc2ccccc2C1=O. The predicted octanol–water partition coefficient (Wildman–Crippen LogP) is 4.09. The van der Waals surface area contributed by atoms with Crippen molar-refractivity contribution in [3.05, 3.63) is 71.3 Å². The Bertz CT molecular complexity index is 826. The Kier molecular flexibility index (Phi) is 5.75. The van der Waals surface area contributed by atoms with Gasteiger partial charge in [0.15, 0.2) is 0 Å². The maximum absolute atomic E-state index is 13.3. The lowest BCUT2D eigenvalue weighted by molar-refractivity contribution is -0.126. The van der Waals surface area contributed by atoms with Crippen molar-refractivity contribution >= 4 is 11.8 Å². The van der Waals surface area contributed by atoms with Crippen LogP contribution in [0.1, 0.15) is 60.0 Å². The van der Waals surface area contributed by atoms with E-state index in [1.54, 1.807) is 4.90 Å². The fourth-order valence-corrected chi connectivity index (χ4v) is 4.43. The molecule has 0 unspecified atom stereocenters. The number of fused-ring (bicyclic) bond motifs is 1. The molecule has 0 spiro atoms. The summed E-state index contributed by atoms with van der Waals surface area (Å²) in [6.07, 6.45) is 7.46. The second kappa shape index (κ2) is 8.59. The van der Waals surface area contributed by atoms with Gasteiger partial charge in [-0.15, -0.1) is 0 Å². The van der Waals surface area contributed by atoms with Crippen LogP contribution in [0, 0.1) is 0 Å². The molecule has 4 heteroatoms. The summed E-state index contributed by atoms with van der Waals surface area (Å²) in [6.45, 7) is 0.505. The highest BCUT2D eigenvalue weighted by molar-refractivity contribution is 6.01. The molecule has 2 aliphatic rings. The Balaban J connectivity index is 1.55. The quantitative estimate of drug-likeness (QED) is 0.799. The minimum atomic E-state index is -0.481. The van der Waals surface area contributed by atoms with Crippen LogP contribution in [0.2, 0.25) is 0 Å². The first kappa shape index (κ1) is 18.7. The topological polar surface area (TPSA) is 49.4 Å². The highest BCUT2D eigenvalue weighted by Crippen LogP contribution is 2.26. The number of rotatable bonds is 5. The van der Waals surface area contributed by atoms with Crippen molar-refractivity contribution in [2.24, 2.45) is 0 Å². The molecular formula is C24H28N2O2. The lowest BCUT2D eigenvalue weighted by Gasteiger charge is -2.29. The van der Waals surface area contributed by atoms with E-state index in [1.807, 2.05) is 54.6 Å². The number of amides is 2. The summed E-state index contributed by atoms with van der Waals surface area (Å²) in [5.74, 6) is -0.0514. The van der Waals surface area contributed by atoms with Crippen LogP contribution in [-0.2, 0) is 17.8 Å². The smallest absolute Gasteiger partial charge is 0.255 e. The van der Waals surface area contributed by atoms with E-state index in [2.05, 4.69) is 5.32 Å². The lowest BCUT2D eigenvalue weighted by Crippen LogP contribution is -2.50. The Hall–Kier alpha value is -2.62. The summed E-state index contributed by atoms with van der Waals surface area (Å²) in [4.78, 5) is 28.1. The predicted molar refractivity (Wildman–Crippen MR) is 110 cm³/mol. The number of hydrogen-bond donors (Lipinski definition) is 1. The van der Waals surface area contributed by atoms with E-state index in [9.17, 15) is 9.59 Å². The third kappa shape index (κ3) is 4.11. The van der Waals surface area contributed by atoms with Gasteiger partial charge < -0.3 is 10.2 Å². The molecule has 4 rings (SSSR count). The van der Waals surface area contributed by atoms with Crippen molar-refractivity contribution in [1.82, 2.24) is 10.2 Å². The Morgan fingerprint density at radius 2 is 1.64 bits per heavy atom. The Labute approximate surface area is 166 Å². The molecule has 28 heavy (non-hydrogen) atoms. The zero-order valence-electron chi connectivity index (χ0n) is 16.3. The van der Waals surface area contributed by atoms with Crippen LogP contribution in [0.25, 0.3) is 0 Å². The van der Waals surface area contributed by atoms with Crippen LogP contribution in [0.3, 0.4) is 0 Å². The summed E-state index contributed by atoms with van der Waals surface area (Å²) in [5, 5.41) is 3.27. The van der Waals surface area contributed by atoms with Crippen molar-refractivity contribution in [3.63, 3.8) is 0 Å². The van der Waals surface area contributed by atoms with Crippen molar-refractivity contribution in [1.29, 1.82) is 0 Å². The molecule has 1 saturated carbocycles. The largest absolute Gasteiger partial charge is 0.352 e. The van der Waals surface area contributed by atoms with Crippen molar-refractivity contribution in [2.75, 3.05) is 0 Å². The first-order valence-electron chi connectivity index (χ1n) is 10.5. The molecule has 2 amide bonds. The molecule has 1 atom stereocenters. The number of hydrogen-bond acceptors (Lipinski definition) is 2. The fourth-order valence-electron chi connectivity index (χ4n) is 4.43. The van der Waals surface area contributed by atoms with Gasteiger partial charge >= 0.3 is 0 Å². The van der Waals surface area contributed by atoms with Gasteiger partial charge in [-0.05, 0) is 30.0 Å². The number of carbonyl (C=O) groups is 2. The molecule has 2 aromatic carbocycles. The Morgan fingerprint density at radius 3 is 2.36 bits per heavy atom. The average molecular weight is 377 g/mol. The van der Waals surface area contributed by atoms with E-state index in [-0.39, 0.29) is 17.9 Å². The van der Waals surface area contributed by atoms with Gasteiger partial charge in [0.05, 0.1) is 0 Å². The molecule has 146 valence electrons. The maximum Gasteiger partial charge on any atom is 0.255 e. The van der Waals surface area contributed by atoms with Crippen LogP contribution in [0.4, 0.5) is 0 Å². The molecule has 0 saturated heterocycles. The van der Waals surface area contributed by atoms with Crippen molar-refractivity contribution in [3.8, 4) is 0 Å². The molecule has 1 aliphatic heterocycles. The standard InChI is InChI=1S/C24H28N2O2/c27-23(25-20-13-6-1-2-7-14-20)22(16-18-10-4-3-5-11-18)26-17-19-12-8-9-15-21(19)24(26)28/h3-5,8-12,15,20,22H,1-2,6-7,13-14,16-17H2,(H,25,27)/t22-/m0/s1. The molecule has 1 N–H and O–H groups in total. The molecule has 1 fully saturated rings. The van der Waals surface area contributed by atoms with Gasteiger partial charge in [-0.1, -0.05) is 74.2 Å². The highest BCUT2D eigenvalue weighted by Gasteiger charge is 2.36. The van der Waals surface area contributed by atoms with Gasteiger partial charge in [0, 0.05) is 24.6 Å². The van der Waals surface area contributed by atoms with Gasteiger partial charge in [-0.3, -0.25) is 9.59 Å². The molecule has 0 bridgehead atoms.